The molecule has 0 aromatic heterocycles. The molecule has 0 radical (unpaired) electrons. The van der Waals surface area contributed by atoms with Crippen molar-refractivity contribution in [2.24, 2.45) is 0 Å². The number of carbonyl (C=O) groups is 3. The molecule has 10 nitrogen and oxygen atoms in total. The SMILES string of the molecule is CCS(=O)(=O)c1cc(C(=O)NC(CCC(=O)O)C(=O)O)c(OC)cc1N. The maximum atomic E-state index is 12.4. The second-order valence-electron chi connectivity index (χ2n) is 5.29. The van der Waals surface area contributed by atoms with Crippen LogP contribution in [-0.4, -0.2) is 55.4 Å². The van der Waals surface area contributed by atoms with Gasteiger partial charge >= 0.3 is 11.9 Å². The van der Waals surface area contributed by atoms with Crippen molar-refractivity contribution in [3.8, 4) is 5.75 Å². The Morgan fingerprint density at radius 3 is 2.35 bits per heavy atom. The summed E-state index contributed by atoms with van der Waals surface area (Å²) >= 11 is 0. The minimum Gasteiger partial charge on any atom is -0.496 e. The van der Waals surface area contributed by atoms with Gasteiger partial charge < -0.3 is 26.0 Å². The van der Waals surface area contributed by atoms with Crippen LogP contribution in [0.15, 0.2) is 17.0 Å². The molecular formula is C15H20N2O8S. The third-order valence-electron chi connectivity index (χ3n) is 3.54. The molecule has 1 atom stereocenters. The van der Waals surface area contributed by atoms with Gasteiger partial charge in [-0.3, -0.25) is 9.59 Å². The van der Waals surface area contributed by atoms with Crippen LogP contribution in [0.4, 0.5) is 5.69 Å². The maximum Gasteiger partial charge on any atom is 0.326 e. The van der Waals surface area contributed by atoms with Crippen molar-refractivity contribution in [1.29, 1.82) is 0 Å². The molecule has 1 rings (SSSR count). The average Bonchev–Trinajstić information content (AvgIpc) is 2.57. The molecule has 0 aliphatic rings. The highest BCUT2D eigenvalue weighted by Crippen LogP contribution is 2.29. The normalized spacial score (nSPS) is 12.2. The van der Waals surface area contributed by atoms with E-state index in [0.29, 0.717) is 0 Å². The van der Waals surface area contributed by atoms with E-state index in [1.165, 1.54) is 14.0 Å². The third-order valence-corrected chi connectivity index (χ3v) is 5.33. The van der Waals surface area contributed by atoms with Crippen LogP contribution in [0.5, 0.6) is 5.75 Å². The van der Waals surface area contributed by atoms with Gasteiger partial charge in [-0.05, 0) is 12.5 Å². The van der Waals surface area contributed by atoms with Crippen LogP contribution in [0.3, 0.4) is 0 Å². The van der Waals surface area contributed by atoms with Crippen LogP contribution in [0.2, 0.25) is 0 Å². The van der Waals surface area contributed by atoms with Crippen molar-refractivity contribution in [2.45, 2.75) is 30.7 Å². The summed E-state index contributed by atoms with van der Waals surface area (Å²) in [6, 6.07) is 0.704. The number of sulfone groups is 1. The Labute approximate surface area is 149 Å². The van der Waals surface area contributed by atoms with Gasteiger partial charge in [0, 0.05) is 12.5 Å². The zero-order chi connectivity index (χ0) is 20.1. The number of nitrogen functional groups attached to an aromatic ring is 1. The van der Waals surface area contributed by atoms with Crippen molar-refractivity contribution >= 4 is 33.4 Å². The Bertz CT molecular complexity index is 819. The van der Waals surface area contributed by atoms with E-state index >= 15 is 0 Å². The maximum absolute atomic E-state index is 12.4. The molecule has 0 aliphatic carbocycles. The van der Waals surface area contributed by atoms with Crippen molar-refractivity contribution in [3.63, 3.8) is 0 Å². The van der Waals surface area contributed by atoms with E-state index in [-0.39, 0.29) is 34.1 Å². The predicted molar refractivity (Wildman–Crippen MR) is 90.9 cm³/mol. The topological polar surface area (TPSA) is 173 Å². The zero-order valence-electron chi connectivity index (χ0n) is 14.2. The standard InChI is InChI=1S/C15H20N2O8S/c1-3-26(23,24)12-6-8(11(25-2)7-9(12)16)14(20)17-10(15(21)22)4-5-13(18)19/h6-7,10H,3-5,16H2,1-2H3,(H,17,20)(H,18,19)(H,21,22). The Hall–Kier alpha value is -2.82. The first-order valence-corrected chi connectivity index (χ1v) is 9.14. The molecule has 0 saturated carbocycles. The number of hydrogen-bond acceptors (Lipinski definition) is 7. The van der Waals surface area contributed by atoms with Gasteiger partial charge in [0.05, 0.1) is 29.0 Å². The molecule has 1 amide bonds. The Balaban J connectivity index is 3.26. The quantitative estimate of drug-likeness (QED) is 0.428. The summed E-state index contributed by atoms with van der Waals surface area (Å²) < 4.78 is 29.2. The van der Waals surface area contributed by atoms with Gasteiger partial charge in [-0.1, -0.05) is 6.92 Å². The van der Waals surface area contributed by atoms with E-state index in [4.69, 9.17) is 20.7 Å². The summed E-state index contributed by atoms with van der Waals surface area (Å²) in [5.41, 5.74) is 5.37. The monoisotopic (exact) mass is 388 g/mol. The highest BCUT2D eigenvalue weighted by molar-refractivity contribution is 7.91. The lowest BCUT2D eigenvalue weighted by Crippen LogP contribution is -2.41. The second kappa shape index (κ2) is 8.52. The smallest absolute Gasteiger partial charge is 0.326 e. The van der Waals surface area contributed by atoms with Gasteiger partial charge in [0.2, 0.25) is 0 Å². The molecule has 0 fully saturated rings. The van der Waals surface area contributed by atoms with E-state index < -0.39 is 40.1 Å². The number of nitrogens with one attached hydrogen (secondary N) is 1. The van der Waals surface area contributed by atoms with Gasteiger partial charge in [-0.25, -0.2) is 13.2 Å². The minimum atomic E-state index is -3.73. The van der Waals surface area contributed by atoms with Crippen molar-refractivity contribution < 1.29 is 37.8 Å². The molecule has 0 bridgehead atoms. The van der Waals surface area contributed by atoms with Crippen molar-refractivity contribution in [1.82, 2.24) is 5.32 Å². The lowest BCUT2D eigenvalue weighted by molar-refractivity contribution is -0.140. The van der Waals surface area contributed by atoms with Crippen LogP contribution in [-0.2, 0) is 19.4 Å². The fourth-order valence-corrected chi connectivity index (χ4v) is 3.13. The number of carbonyl (C=O) groups excluding carboxylic acids is 1. The van der Waals surface area contributed by atoms with Crippen LogP contribution in [0, 0.1) is 0 Å². The highest BCUT2D eigenvalue weighted by Gasteiger charge is 2.26. The molecule has 11 heteroatoms. The first kappa shape index (κ1) is 21.2. The van der Waals surface area contributed by atoms with E-state index in [1.807, 2.05) is 0 Å². The number of ether oxygens (including phenoxy) is 1. The van der Waals surface area contributed by atoms with Gasteiger partial charge in [-0.2, -0.15) is 0 Å². The number of benzene rings is 1. The Morgan fingerprint density at radius 1 is 1.27 bits per heavy atom. The first-order chi connectivity index (χ1) is 12.0. The summed E-state index contributed by atoms with van der Waals surface area (Å²) in [7, 11) is -2.50. The predicted octanol–water partition coefficient (Wildman–Crippen LogP) is 0.119. The third kappa shape index (κ3) is 5.09. The molecular weight excluding hydrogens is 368 g/mol. The molecule has 1 aromatic carbocycles. The molecule has 1 aromatic rings. The number of carboxylic acids is 2. The van der Waals surface area contributed by atoms with Crippen molar-refractivity contribution in [3.05, 3.63) is 17.7 Å². The number of anilines is 1. The van der Waals surface area contributed by atoms with Crippen LogP contribution in [0.1, 0.15) is 30.1 Å². The largest absolute Gasteiger partial charge is 0.496 e. The fraction of sp³-hybridized carbons (Fsp3) is 0.400. The van der Waals surface area contributed by atoms with Gasteiger partial charge in [0.1, 0.15) is 11.8 Å². The first-order valence-electron chi connectivity index (χ1n) is 7.49. The van der Waals surface area contributed by atoms with E-state index in [9.17, 15) is 22.8 Å². The van der Waals surface area contributed by atoms with Crippen LogP contribution in [0.25, 0.3) is 0 Å². The van der Waals surface area contributed by atoms with Crippen LogP contribution < -0.4 is 15.8 Å². The minimum absolute atomic E-state index is 0.0440. The molecule has 26 heavy (non-hydrogen) atoms. The summed E-state index contributed by atoms with van der Waals surface area (Å²) in [6.45, 7) is 1.41. The summed E-state index contributed by atoms with van der Waals surface area (Å²) in [4.78, 5) is 34.0. The Morgan fingerprint density at radius 2 is 1.88 bits per heavy atom. The lowest BCUT2D eigenvalue weighted by atomic mass is 10.1. The van der Waals surface area contributed by atoms with Gasteiger partial charge in [-0.15, -0.1) is 0 Å². The number of amides is 1. The molecule has 0 spiro atoms. The zero-order valence-corrected chi connectivity index (χ0v) is 15.0. The summed E-state index contributed by atoms with van der Waals surface area (Å²) in [5, 5.41) is 19.9. The van der Waals surface area contributed by atoms with Gasteiger partial charge in [0.15, 0.2) is 9.84 Å². The van der Waals surface area contributed by atoms with Gasteiger partial charge in [0.25, 0.3) is 5.91 Å². The molecule has 0 aliphatic heterocycles. The van der Waals surface area contributed by atoms with E-state index in [0.717, 1.165) is 12.1 Å². The number of aliphatic carboxylic acids is 2. The number of methoxy groups -OCH3 is 1. The number of carboxylic acid groups (broad SMARTS) is 2. The molecule has 0 heterocycles. The lowest BCUT2D eigenvalue weighted by Gasteiger charge is -2.16. The summed E-state index contributed by atoms with van der Waals surface area (Å²) in [5.74, 6) is -3.85. The van der Waals surface area contributed by atoms with E-state index in [2.05, 4.69) is 5.32 Å². The van der Waals surface area contributed by atoms with Crippen molar-refractivity contribution in [2.75, 3.05) is 18.6 Å². The number of hydrogen-bond donors (Lipinski definition) is 4. The second-order valence-corrected chi connectivity index (χ2v) is 7.54. The highest BCUT2D eigenvalue weighted by atomic mass is 32.2. The van der Waals surface area contributed by atoms with Crippen LogP contribution >= 0.6 is 0 Å². The molecule has 1 unspecified atom stereocenters. The summed E-state index contributed by atoms with van der Waals surface area (Å²) in [6.07, 6.45) is -0.806. The average molecular weight is 388 g/mol. The molecule has 144 valence electrons. The fourth-order valence-electron chi connectivity index (χ4n) is 2.11. The molecule has 5 N–H and O–H groups in total. The van der Waals surface area contributed by atoms with E-state index in [1.54, 1.807) is 0 Å². The Kier molecular flexibility index (Phi) is 6.95. The number of nitrogens with two attached hydrogens (primary N) is 1. The number of rotatable bonds is 9. The molecule has 0 saturated heterocycles.